The lowest BCUT2D eigenvalue weighted by molar-refractivity contribution is -0.142. The van der Waals surface area contributed by atoms with Crippen molar-refractivity contribution in [1.82, 2.24) is 16.0 Å². The van der Waals surface area contributed by atoms with E-state index in [0.29, 0.717) is 118 Å². The second-order valence-corrected chi connectivity index (χ2v) is 14.8. The number of rotatable bonds is 38. The van der Waals surface area contributed by atoms with E-state index in [9.17, 15) is 24.3 Å². The molecule has 66 heavy (non-hydrogen) atoms. The van der Waals surface area contributed by atoms with Crippen molar-refractivity contribution in [2.24, 2.45) is 0 Å². The lowest BCUT2D eigenvalue weighted by atomic mass is 9.98. The van der Waals surface area contributed by atoms with Gasteiger partial charge in [-0.05, 0) is 47.1 Å². The van der Waals surface area contributed by atoms with Crippen molar-refractivity contribution in [3.63, 3.8) is 0 Å². The third-order valence-corrected chi connectivity index (χ3v) is 9.97. The van der Waals surface area contributed by atoms with E-state index < -0.39 is 30.1 Å². The first-order chi connectivity index (χ1) is 32.4. The Labute approximate surface area is 387 Å². The van der Waals surface area contributed by atoms with Gasteiger partial charge in [0.15, 0.2) is 0 Å². The highest BCUT2D eigenvalue weighted by atomic mass is 16.6. The number of benzene rings is 3. The maximum Gasteiger partial charge on any atom is 0.407 e. The van der Waals surface area contributed by atoms with Crippen LogP contribution in [0, 0.1) is 0 Å². The Kier molecular flexibility index (Phi) is 27.7. The maximum absolute atomic E-state index is 12.3. The third-order valence-electron chi connectivity index (χ3n) is 9.97. The molecule has 0 bridgehead atoms. The van der Waals surface area contributed by atoms with Gasteiger partial charge in [0.25, 0.3) is 0 Å². The summed E-state index contributed by atoms with van der Waals surface area (Å²) in [6, 6.07) is 24.7. The quantitative estimate of drug-likeness (QED) is 0.0573. The van der Waals surface area contributed by atoms with E-state index in [4.69, 9.17) is 47.4 Å². The van der Waals surface area contributed by atoms with E-state index in [1.54, 1.807) is 0 Å². The zero-order valence-corrected chi connectivity index (χ0v) is 37.8. The van der Waals surface area contributed by atoms with Crippen LogP contribution in [-0.2, 0) is 63.6 Å². The highest BCUT2D eigenvalue weighted by Gasteiger charge is 2.29. The van der Waals surface area contributed by atoms with Crippen LogP contribution in [-0.4, -0.2) is 161 Å². The van der Waals surface area contributed by atoms with E-state index in [-0.39, 0.29) is 45.2 Å². The topological polar surface area (TPSA) is 217 Å². The zero-order chi connectivity index (χ0) is 46.7. The van der Waals surface area contributed by atoms with E-state index >= 15 is 0 Å². The molecular weight excluding hydrogens is 859 g/mol. The largest absolute Gasteiger partial charge is 0.480 e. The lowest BCUT2D eigenvalue weighted by Gasteiger charge is -2.15. The van der Waals surface area contributed by atoms with Crippen LogP contribution in [0.5, 0.6) is 0 Å². The molecule has 1 aliphatic carbocycles. The van der Waals surface area contributed by atoms with E-state index in [0.717, 1.165) is 5.56 Å². The van der Waals surface area contributed by atoms with Gasteiger partial charge in [0.05, 0.1) is 106 Å². The van der Waals surface area contributed by atoms with Crippen LogP contribution >= 0.6 is 0 Å². The minimum Gasteiger partial charge on any atom is -0.480 e. The molecule has 0 aliphatic heterocycles. The molecule has 0 spiro atoms. The summed E-state index contributed by atoms with van der Waals surface area (Å²) in [5, 5.41) is 17.4. The summed E-state index contributed by atoms with van der Waals surface area (Å²) < 4.78 is 54.6. The minimum absolute atomic E-state index is 0.0197. The summed E-state index contributed by atoms with van der Waals surface area (Å²) in [7, 11) is 0. The van der Waals surface area contributed by atoms with Crippen molar-refractivity contribution in [2.75, 3.05) is 125 Å². The molecule has 0 saturated heterocycles. The molecule has 0 unspecified atom stereocenters. The fourth-order valence-corrected chi connectivity index (χ4v) is 6.64. The van der Waals surface area contributed by atoms with Gasteiger partial charge in [-0.1, -0.05) is 78.9 Å². The number of amides is 3. The number of carbonyl (C=O) groups is 4. The number of hydrogen-bond donors (Lipinski definition) is 4. The summed E-state index contributed by atoms with van der Waals surface area (Å²) in [6.45, 7) is 7.24. The van der Waals surface area contributed by atoms with Gasteiger partial charge in [0.1, 0.15) is 19.3 Å². The van der Waals surface area contributed by atoms with Crippen molar-refractivity contribution in [3.05, 3.63) is 95.6 Å². The predicted octanol–water partition coefficient (Wildman–Crippen LogP) is 4.71. The van der Waals surface area contributed by atoms with Crippen LogP contribution in [0.3, 0.4) is 0 Å². The van der Waals surface area contributed by atoms with Crippen LogP contribution in [0.2, 0.25) is 0 Å². The van der Waals surface area contributed by atoms with Gasteiger partial charge >= 0.3 is 18.2 Å². The molecule has 1 aliphatic rings. The number of alkyl carbamates (subject to hydrolysis) is 2. The second-order valence-electron chi connectivity index (χ2n) is 14.8. The monoisotopic (exact) mass is 925 g/mol. The molecule has 3 aromatic carbocycles. The number of carboxylic acids is 1. The van der Waals surface area contributed by atoms with Crippen LogP contribution in [0.15, 0.2) is 78.9 Å². The lowest BCUT2D eigenvalue weighted by Crippen LogP contribution is -2.41. The molecule has 0 heterocycles. The summed E-state index contributed by atoms with van der Waals surface area (Å²) >= 11 is 0. The molecule has 3 aromatic rings. The molecule has 4 N–H and O–H groups in total. The average molecular weight is 926 g/mol. The van der Waals surface area contributed by atoms with Crippen molar-refractivity contribution in [1.29, 1.82) is 0 Å². The molecule has 18 nitrogen and oxygen atoms in total. The smallest absolute Gasteiger partial charge is 0.407 e. The van der Waals surface area contributed by atoms with Crippen molar-refractivity contribution >= 4 is 24.1 Å². The number of nitrogens with one attached hydrogen (secondary N) is 3. The van der Waals surface area contributed by atoms with Gasteiger partial charge in [-0.25, -0.2) is 14.4 Å². The normalized spacial score (nSPS) is 12.2. The van der Waals surface area contributed by atoms with Crippen molar-refractivity contribution in [3.8, 4) is 11.1 Å². The molecule has 18 heteroatoms. The van der Waals surface area contributed by atoms with Gasteiger partial charge in [0, 0.05) is 25.4 Å². The molecule has 4 rings (SSSR count). The standard InChI is InChI=1S/C48H67N3O15/c52-45(51-44(46(53)54)16-8-9-18-49-47(55)65-36-38-10-2-1-3-11-38)17-20-57-22-24-59-26-28-61-30-32-63-34-35-64-33-31-62-29-27-60-25-23-58-21-19-50-48(56)66-37-43-41-14-6-4-12-39(41)40-13-5-7-15-42(40)43/h1-7,10-15,43-44H,8-9,16-37H2,(H,49,55)(H,50,56)(H,51,52)(H,53,54)/t44-/m0/s1. The summed E-state index contributed by atoms with van der Waals surface area (Å²) in [5.74, 6) is -1.52. The van der Waals surface area contributed by atoms with Crippen LogP contribution in [0.4, 0.5) is 9.59 Å². The van der Waals surface area contributed by atoms with E-state index in [1.165, 1.54) is 22.3 Å². The first-order valence-electron chi connectivity index (χ1n) is 22.6. The molecule has 3 amide bonds. The number of unbranched alkanes of at least 4 members (excludes halogenated alkanes) is 1. The Hall–Kier alpha value is -5.18. The van der Waals surface area contributed by atoms with Gasteiger partial charge < -0.3 is 68.4 Å². The van der Waals surface area contributed by atoms with Gasteiger partial charge in [-0.2, -0.15) is 0 Å². The first kappa shape index (κ1) is 53.4. The molecular formula is C48H67N3O15. The van der Waals surface area contributed by atoms with Gasteiger partial charge in [0.2, 0.25) is 5.91 Å². The molecule has 0 radical (unpaired) electrons. The first-order valence-corrected chi connectivity index (χ1v) is 22.6. The highest BCUT2D eigenvalue weighted by Crippen LogP contribution is 2.44. The Morgan fingerprint density at radius 1 is 0.500 bits per heavy atom. The molecule has 0 saturated carbocycles. The Morgan fingerprint density at radius 3 is 1.45 bits per heavy atom. The number of carboxylic acid groups (broad SMARTS) is 1. The van der Waals surface area contributed by atoms with Crippen molar-refractivity contribution in [2.45, 2.75) is 44.2 Å². The summed E-state index contributed by atoms with van der Waals surface area (Å²) in [4.78, 5) is 47.9. The zero-order valence-electron chi connectivity index (χ0n) is 37.8. The summed E-state index contributed by atoms with van der Waals surface area (Å²) in [5.41, 5.74) is 5.60. The number of ether oxygens (including phenoxy) is 10. The molecule has 0 aromatic heterocycles. The Balaban J connectivity index is 0.807. The van der Waals surface area contributed by atoms with Gasteiger partial charge in [-0.3, -0.25) is 4.79 Å². The summed E-state index contributed by atoms with van der Waals surface area (Å²) in [6.07, 6.45) is 0.261. The number of hydrogen-bond acceptors (Lipinski definition) is 14. The number of aliphatic carboxylic acids is 1. The maximum atomic E-state index is 12.3. The van der Waals surface area contributed by atoms with Crippen LogP contribution < -0.4 is 16.0 Å². The van der Waals surface area contributed by atoms with Crippen molar-refractivity contribution < 1.29 is 71.7 Å². The fraction of sp³-hybridized carbons (Fsp3) is 0.542. The molecule has 1 atom stereocenters. The SMILES string of the molecule is O=C(CCOCCOCCOCCOCCOCCOCCOCCOCCNC(=O)OCC1c2ccccc2-c2ccccc21)N[C@@H](CCCCNC(=O)OCc1ccccc1)C(=O)O. The molecule has 0 fully saturated rings. The van der Waals surface area contributed by atoms with Crippen LogP contribution in [0.25, 0.3) is 11.1 Å². The number of fused-ring (bicyclic) bond motifs is 3. The average Bonchev–Trinajstić information content (AvgIpc) is 3.65. The third kappa shape index (κ3) is 22.8. The minimum atomic E-state index is -1.12. The molecule has 364 valence electrons. The fourth-order valence-electron chi connectivity index (χ4n) is 6.64. The predicted molar refractivity (Wildman–Crippen MR) is 242 cm³/mol. The second kappa shape index (κ2) is 34.2. The van der Waals surface area contributed by atoms with E-state index in [1.807, 2.05) is 54.6 Å². The van der Waals surface area contributed by atoms with E-state index in [2.05, 4.69) is 40.2 Å². The Morgan fingerprint density at radius 2 is 0.939 bits per heavy atom. The highest BCUT2D eigenvalue weighted by molar-refractivity contribution is 5.83. The van der Waals surface area contributed by atoms with Crippen LogP contribution in [0.1, 0.15) is 48.3 Å². The number of carbonyl (C=O) groups excluding carboxylic acids is 3. The Bertz CT molecular complexity index is 1760. The van der Waals surface area contributed by atoms with Gasteiger partial charge in [-0.15, -0.1) is 0 Å².